The molecule has 0 aliphatic carbocycles. The summed E-state index contributed by atoms with van der Waals surface area (Å²) in [7, 11) is 0. The highest BCUT2D eigenvalue weighted by Crippen LogP contribution is 2.24. The number of hydrogen-bond acceptors (Lipinski definition) is 3. The van der Waals surface area contributed by atoms with E-state index in [4.69, 9.17) is 0 Å². The Bertz CT molecular complexity index is 1500. The van der Waals surface area contributed by atoms with E-state index in [1.807, 2.05) is 61.7 Å². The zero-order valence-electron chi connectivity index (χ0n) is 15.6. The molecule has 0 spiro atoms. The fourth-order valence-electron chi connectivity index (χ4n) is 3.60. The predicted molar refractivity (Wildman–Crippen MR) is 115 cm³/mol. The Morgan fingerprint density at radius 3 is 2.55 bits per heavy atom. The van der Waals surface area contributed by atoms with Gasteiger partial charge in [0.25, 0.3) is 11.1 Å². The molecule has 0 bridgehead atoms. The van der Waals surface area contributed by atoms with E-state index in [1.165, 1.54) is 0 Å². The van der Waals surface area contributed by atoms with E-state index in [9.17, 15) is 9.59 Å². The lowest BCUT2D eigenvalue weighted by atomic mass is 10.1. The Labute approximate surface area is 164 Å². The highest BCUT2D eigenvalue weighted by atomic mass is 16.1. The minimum absolute atomic E-state index is 0.142. The van der Waals surface area contributed by atoms with Gasteiger partial charge in [0.15, 0.2) is 0 Å². The molecule has 0 saturated heterocycles. The van der Waals surface area contributed by atoms with Gasteiger partial charge in [0.2, 0.25) is 0 Å². The first-order chi connectivity index (χ1) is 14.1. The Balaban J connectivity index is 1.55. The van der Waals surface area contributed by atoms with Crippen LogP contribution in [0.2, 0.25) is 0 Å². The van der Waals surface area contributed by atoms with Crippen molar-refractivity contribution in [3.63, 3.8) is 0 Å². The molecule has 0 aliphatic rings. The number of aromatic amines is 3. The summed E-state index contributed by atoms with van der Waals surface area (Å²) in [5, 5.41) is 4.57. The summed E-state index contributed by atoms with van der Waals surface area (Å²) in [6.45, 7) is 1.86. The standard InChI is InChI=1S/C22H17N5O2/c1-13-11-20(28)26-27(13)15-6-4-14(5-7-15)24-12-17-21-16-3-2-10-23-18(16)8-9-19(21)25-22(17)29/h2-12,23H,1H3,(H,25,29)(H,26,28). The van der Waals surface area contributed by atoms with E-state index in [0.29, 0.717) is 11.3 Å². The lowest BCUT2D eigenvalue weighted by molar-refractivity contribution is 0.834. The Morgan fingerprint density at radius 1 is 1.00 bits per heavy atom. The average molecular weight is 383 g/mol. The monoisotopic (exact) mass is 383 g/mol. The fourth-order valence-corrected chi connectivity index (χ4v) is 3.60. The number of aromatic nitrogens is 4. The molecule has 142 valence electrons. The zero-order valence-corrected chi connectivity index (χ0v) is 15.6. The summed E-state index contributed by atoms with van der Waals surface area (Å²) in [5.41, 5.74) is 4.32. The molecular formula is C22H17N5O2. The van der Waals surface area contributed by atoms with Crippen molar-refractivity contribution in [2.45, 2.75) is 6.92 Å². The second-order valence-corrected chi connectivity index (χ2v) is 6.86. The molecule has 3 aromatic heterocycles. The summed E-state index contributed by atoms with van der Waals surface area (Å²) in [6.07, 6.45) is 3.46. The first kappa shape index (κ1) is 17.0. The Kier molecular flexibility index (Phi) is 3.80. The van der Waals surface area contributed by atoms with Crippen LogP contribution in [0.1, 0.15) is 11.3 Å². The summed E-state index contributed by atoms with van der Waals surface area (Å²) in [4.78, 5) is 34.6. The number of aliphatic imine (C=N–C) groups is 1. The van der Waals surface area contributed by atoms with Crippen LogP contribution in [0.15, 0.2) is 75.4 Å². The SMILES string of the molecule is Cc1cc(=O)[nH]n1-c1ccc(N=Cc2c(=O)[nH]c3ccc4[nH]cccc4c23)cc1. The van der Waals surface area contributed by atoms with Gasteiger partial charge in [-0.15, -0.1) is 0 Å². The second-order valence-electron chi connectivity index (χ2n) is 6.86. The van der Waals surface area contributed by atoms with Crippen LogP contribution in [-0.4, -0.2) is 26.0 Å². The zero-order chi connectivity index (χ0) is 20.0. The van der Waals surface area contributed by atoms with Crippen LogP contribution >= 0.6 is 0 Å². The second kappa shape index (κ2) is 6.49. The topological polar surface area (TPSA) is 98.8 Å². The predicted octanol–water partition coefficient (Wildman–Crippen LogP) is 3.55. The van der Waals surface area contributed by atoms with Crippen molar-refractivity contribution in [3.05, 3.63) is 92.8 Å². The van der Waals surface area contributed by atoms with E-state index in [1.54, 1.807) is 17.0 Å². The number of nitrogens with one attached hydrogen (secondary N) is 3. The third-order valence-corrected chi connectivity index (χ3v) is 4.97. The first-order valence-corrected chi connectivity index (χ1v) is 9.15. The van der Waals surface area contributed by atoms with Gasteiger partial charge in [-0.25, -0.2) is 0 Å². The molecule has 29 heavy (non-hydrogen) atoms. The van der Waals surface area contributed by atoms with Gasteiger partial charge >= 0.3 is 0 Å². The lowest BCUT2D eigenvalue weighted by Gasteiger charge is -2.05. The molecule has 0 aliphatic heterocycles. The smallest absolute Gasteiger partial charge is 0.264 e. The van der Waals surface area contributed by atoms with Crippen LogP contribution < -0.4 is 11.1 Å². The summed E-state index contributed by atoms with van der Waals surface area (Å²) in [6, 6.07) is 16.7. The van der Waals surface area contributed by atoms with Crippen molar-refractivity contribution >= 4 is 33.7 Å². The highest BCUT2D eigenvalue weighted by molar-refractivity contribution is 6.13. The molecule has 2 aromatic carbocycles. The molecule has 0 fully saturated rings. The minimum Gasteiger partial charge on any atom is -0.361 e. The molecule has 7 nitrogen and oxygen atoms in total. The number of pyridine rings is 1. The van der Waals surface area contributed by atoms with Gasteiger partial charge in [-0.2, -0.15) is 0 Å². The first-order valence-electron chi connectivity index (χ1n) is 9.15. The Morgan fingerprint density at radius 2 is 1.79 bits per heavy atom. The minimum atomic E-state index is -0.169. The van der Waals surface area contributed by atoms with Gasteiger partial charge in [-0.1, -0.05) is 6.07 Å². The van der Waals surface area contributed by atoms with Crippen LogP contribution in [0.4, 0.5) is 5.69 Å². The van der Waals surface area contributed by atoms with E-state index in [-0.39, 0.29) is 11.1 Å². The quantitative estimate of drug-likeness (QED) is 0.415. The van der Waals surface area contributed by atoms with E-state index in [2.05, 4.69) is 20.1 Å². The van der Waals surface area contributed by atoms with Gasteiger partial charge in [0.05, 0.1) is 16.9 Å². The van der Waals surface area contributed by atoms with Crippen LogP contribution in [0, 0.1) is 6.92 Å². The number of rotatable bonds is 3. The molecule has 3 N–H and O–H groups in total. The van der Waals surface area contributed by atoms with Crippen molar-refractivity contribution in [1.29, 1.82) is 0 Å². The third-order valence-electron chi connectivity index (χ3n) is 4.97. The van der Waals surface area contributed by atoms with Gasteiger partial charge < -0.3 is 9.97 Å². The molecule has 0 radical (unpaired) electrons. The van der Waals surface area contributed by atoms with Crippen molar-refractivity contribution in [3.8, 4) is 5.69 Å². The molecule has 5 rings (SSSR count). The Hall–Kier alpha value is -4.13. The van der Waals surface area contributed by atoms with Gasteiger partial charge in [-0.05, 0) is 49.4 Å². The molecule has 0 unspecified atom stereocenters. The largest absolute Gasteiger partial charge is 0.361 e. The van der Waals surface area contributed by atoms with Crippen LogP contribution in [0.3, 0.4) is 0 Å². The maximum Gasteiger partial charge on any atom is 0.264 e. The molecule has 0 amide bonds. The maximum absolute atomic E-state index is 12.5. The van der Waals surface area contributed by atoms with Crippen LogP contribution in [0.5, 0.6) is 0 Å². The summed E-state index contributed by atoms with van der Waals surface area (Å²) >= 11 is 0. The van der Waals surface area contributed by atoms with Crippen molar-refractivity contribution in [1.82, 2.24) is 19.7 Å². The molecular weight excluding hydrogens is 366 g/mol. The number of nitrogens with zero attached hydrogens (tertiary/aromatic N) is 2. The molecule has 7 heteroatoms. The van der Waals surface area contributed by atoms with E-state index in [0.717, 1.165) is 33.2 Å². The number of H-pyrrole nitrogens is 3. The molecule has 3 heterocycles. The number of aryl methyl sites for hydroxylation is 1. The van der Waals surface area contributed by atoms with Crippen molar-refractivity contribution in [2.75, 3.05) is 0 Å². The van der Waals surface area contributed by atoms with Gasteiger partial charge in [-0.3, -0.25) is 24.4 Å². The van der Waals surface area contributed by atoms with E-state index >= 15 is 0 Å². The normalized spacial score (nSPS) is 11.8. The molecule has 0 saturated carbocycles. The molecule has 5 aromatic rings. The fraction of sp³-hybridized carbons (Fsp3) is 0.0455. The summed E-state index contributed by atoms with van der Waals surface area (Å²) < 4.78 is 1.72. The van der Waals surface area contributed by atoms with Crippen LogP contribution in [0.25, 0.3) is 27.5 Å². The van der Waals surface area contributed by atoms with Crippen molar-refractivity contribution in [2.24, 2.45) is 4.99 Å². The van der Waals surface area contributed by atoms with E-state index < -0.39 is 0 Å². The average Bonchev–Trinajstić information content (AvgIpc) is 3.24. The van der Waals surface area contributed by atoms with Gasteiger partial charge in [0.1, 0.15) is 0 Å². The number of fused-ring (bicyclic) bond motifs is 3. The van der Waals surface area contributed by atoms with Crippen LogP contribution in [-0.2, 0) is 0 Å². The van der Waals surface area contributed by atoms with Crippen molar-refractivity contribution < 1.29 is 0 Å². The lowest BCUT2D eigenvalue weighted by Crippen LogP contribution is -2.04. The number of benzene rings is 2. The third kappa shape index (κ3) is 2.89. The highest BCUT2D eigenvalue weighted by Gasteiger charge is 2.11. The number of hydrogen-bond donors (Lipinski definition) is 3. The summed E-state index contributed by atoms with van der Waals surface area (Å²) in [5.74, 6) is 0. The molecule has 0 atom stereocenters. The van der Waals surface area contributed by atoms with Gasteiger partial charge in [0, 0.05) is 46.0 Å². The maximum atomic E-state index is 12.5.